The first-order chi connectivity index (χ1) is 14.2. The molecule has 4 rings (SSSR count). The van der Waals surface area contributed by atoms with Crippen LogP contribution in [0.5, 0.6) is 0 Å². The molecule has 0 radical (unpaired) electrons. The quantitative estimate of drug-likeness (QED) is 0.605. The van der Waals surface area contributed by atoms with Crippen molar-refractivity contribution in [1.82, 2.24) is 20.0 Å². The molecule has 29 heavy (non-hydrogen) atoms. The summed E-state index contributed by atoms with van der Waals surface area (Å²) in [4.78, 5) is 23.6. The van der Waals surface area contributed by atoms with Crippen LogP contribution in [0.2, 0.25) is 0 Å². The number of nitrogens with one attached hydrogen (secondary N) is 1. The van der Waals surface area contributed by atoms with Crippen LogP contribution in [0.25, 0.3) is 0 Å². The molecule has 1 aliphatic carbocycles. The van der Waals surface area contributed by atoms with E-state index in [0.29, 0.717) is 13.1 Å². The first-order valence-electron chi connectivity index (χ1n) is 11.0. The van der Waals surface area contributed by atoms with Gasteiger partial charge in [0, 0.05) is 57.8 Å². The van der Waals surface area contributed by atoms with E-state index >= 15 is 0 Å². The maximum absolute atomic E-state index is 14.0. The Balaban J connectivity index is 1.27. The summed E-state index contributed by atoms with van der Waals surface area (Å²) in [5.41, 5.74) is 0.797. The third kappa shape index (κ3) is 4.89. The molecule has 158 valence electrons. The van der Waals surface area contributed by atoms with Gasteiger partial charge in [0.1, 0.15) is 5.82 Å². The lowest BCUT2D eigenvalue weighted by Crippen LogP contribution is -2.54. The number of amides is 1. The highest BCUT2D eigenvalue weighted by Crippen LogP contribution is 2.41. The molecule has 3 aliphatic rings. The van der Waals surface area contributed by atoms with Gasteiger partial charge in [0.15, 0.2) is 5.96 Å². The van der Waals surface area contributed by atoms with Crippen molar-refractivity contribution >= 4 is 11.9 Å². The fraction of sp³-hybridized carbons (Fsp3) is 0.636. The van der Waals surface area contributed by atoms with E-state index in [2.05, 4.69) is 20.1 Å². The van der Waals surface area contributed by atoms with Gasteiger partial charge in [0.2, 0.25) is 5.91 Å². The first-order valence-corrected chi connectivity index (χ1v) is 11.0. The topological polar surface area (TPSA) is 51.2 Å². The Hall–Kier alpha value is -2.15. The molecule has 1 aromatic rings. The molecule has 1 aromatic carbocycles. The number of carbonyl (C=O) groups is 1. The van der Waals surface area contributed by atoms with Crippen LogP contribution in [0.1, 0.15) is 37.7 Å². The van der Waals surface area contributed by atoms with Crippen LogP contribution in [-0.4, -0.2) is 85.0 Å². The highest BCUT2D eigenvalue weighted by atomic mass is 19.1. The maximum Gasteiger partial charge on any atom is 0.236 e. The van der Waals surface area contributed by atoms with Gasteiger partial charge in [-0.15, -0.1) is 0 Å². The minimum Gasteiger partial charge on any atom is -0.353 e. The molecule has 2 saturated heterocycles. The van der Waals surface area contributed by atoms with E-state index in [1.807, 2.05) is 24.0 Å². The Morgan fingerprint density at radius 2 is 1.83 bits per heavy atom. The molecule has 7 heteroatoms. The number of aliphatic imine (C=N–C) groups is 1. The zero-order chi connectivity index (χ0) is 20.2. The fourth-order valence-electron chi connectivity index (χ4n) is 4.40. The first kappa shape index (κ1) is 20.1. The molecule has 0 spiro atoms. The van der Waals surface area contributed by atoms with E-state index in [-0.39, 0.29) is 23.7 Å². The van der Waals surface area contributed by atoms with Gasteiger partial charge in [0.25, 0.3) is 0 Å². The minimum atomic E-state index is -0.118. The molecule has 2 heterocycles. The van der Waals surface area contributed by atoms with Crippen molar-refractivity contribution < 1.29 is 9.18 Å². The maximum atomic E-state index is 14.0. The van der Waals surface area contributed by atoms with Crippen LogP contribution in [0.15, 0.2) is 29.3 Å². The molecule has 2 unspecified atom stereocenters. The second-order valence-electron chi connectivity index (χ2n) is 8.26. The van der Waals surface area contributed by atoms with E-state index in [9.17, 15) is 9.18 Å². The second-order valence-corrected chi connectivity index (χ2v) is 8.26. The summed E-state index contributed by atoms with van der Waals surface area (Å²) in [5.74, 6) is 1.29. The number of hydrogen-bond donors (Lipinski definition) is 1. The predicted octanol–water partition coefficient (Wildman–Crippen LogP) is 1.89. The number of rotatable bonds is 5. The van der Waals surface area contributed by atoms with Crippen LogP contribution >= 0.6 is 0 Å². The van der Waals surface area contributed by atoms with Gasteiger partial charge >= 0.3 is 0 Å². The molecule has 0 aromatic heterocycles. The zero-order valence-corrected chi connectivity index (χ0v) is 17.3. The number of carbonyl (C=O) groups excluding carboxylic acids is 1. The van der Waals surface area contributed by atoms with Crippen LogP contribution in [-0.2, 0) is 4.79 Å². The summed E-state index contributed by atoms with van der Waals surface area (Å²) in [6, 6.07) is 7.30. The predicted molar refractivity (Wildman–Crippen MR) is 112 cm³/mol. The monoisotopic (exact) mass is 401 g/mol. The number of nitrogens with zero attached hydrogens (tertiary/aromatic N) is 4. The third-order valence-electron chi connectivity index (χ3n) is 6.21. The van der Waals surface area contributed by atoms with Gasteiger partial charge in [-0.3, -0.25) is 14.7 Å². The largest absolute Gasteiger partial charge is 0.353 e. The SMILES string of the molecule is CCN=C(NC1CC1c1ccccc1F)N1CCN(CC(=O)N2CCCC2)CC1. The molecule has 1 saturated carbocycles. The van der Waals surface area contributed by atoms with E-state index in [0.717, 1.165) is 70.1 Å². The zero-order valence-electron chi connectivity index (χ0n) is 17.3. The molecular weight excluding hydrogens is 369 g/mol. The van der Waals surface area contributed by atoms with Crippen LogP contribution < -0.4 is 5.32 Å². The third-order valence-corrected chi connectivity index (χ3v) is 6.21. The average molecular weight is 402 g/mol. The Morgan fingerprint density at radius 3 is 2.52 bits per heavy atom. The summed E-state index contributed by atoms with van der Waals surface area (Å²) in [6.45, 7) is 8.56. The van der Waals surface area contributed by atoms with Crippen LogP contribution in [0.4, 0.5) is 4.39 Å². The Morgan fingerprint density at radius 1 is 1.10 bits per heavy atom. The van der Waals surface area contributed by atoms with E-state index in [1.165, 1.54) is 6.07 Å². The lowest BCUT2D eigenvalue weighted by Gasteiger charge is -2.36. The number of piperazine rings is 1. The lowest BCUT2D eigenvalue weighted by atomic mass is 10.1. The van der Waals surface area contributed by atoms with Crippen molar-refractivity contribution in [2.45, 2.75) is 38.1 Å². The van der Waals surface area contributed by atoms with Gasteiger partial charge in [-0.25, -0.2) is 4.39 Å². The summed E-state index contributed by atoms with van der Waals surface area (Å²) < 4.78 is 14.0. The van der Waals surface area contributed by atoms with Gasteiger partial charge < -0.3 is 15.1 Å². The number of hydrogen-bond acceptors (Lipinski definition) is 3. The van der Waals surface area contributed by atoms with Crippen molar-refractivity contribution in [3.8, 4) is 0 Å². The van der Waals surface area contributed by atoms with Crippen molar-refractivity contribution in [3.63, 3.8) is 0 Å². The number of guanidine groups is 1. The molecule has 3 fully saturated rings. The summed E-state index contributed by atoms with van der Waals surface area (Å²) in [5, 5.41) is 3.55. The van der Waals surface area contributed by atoms with E-state index in [1.54, 1.807) is 6.07 Å². The Labute approximate surface area is 172 Å². The molecule has 1 amide bonds. The highest BCUT2D eigenvalue weighted by Gasteiger charge is 2.41. The number of halogens is 1. The van der Waals surface area contributed by atoms with Crippen molar-refractivity contribution in [3.05, 3.63) is 35.6 Å². The highest BCUT2D eigenvalue weighted by molar-refractivity contribution is 5.81. The summed E-state index contributed by atoms with van der Waals surface area (Å²) in [7, 11) is 0. The average Bonchev–Trinajstić information content (AvgIpc) is 3.25. The van der Waals surface area contributed by atoms with Gasteiger partial charge in [-0.05, 0) is 37.8 Å². The molecule has 6 nitrogen and oxygen atoms in total. The second kappa shape index (κ2) is 9.11. The standard InChI is InChI=1S/C22H32FN5O/c1-2-24-22(25-20-15-18(20)17-7-3-4-8-19(17)23)28-13-11-26(12-14-28)16-21(29)27-9-5-6-10-27/h3-4,7-8,18,20H,2,5-6,9-16H2,1H3,(H,24,25). The molecule has 2 atom stereocenters. The lowest BCUT2D eigenvalue weighted by molar-refractivity contribution is -0.131. The normalized spacial score (nSPS) is 25.4. The minimum absolute atomic E-state index is 0.118. The summed E-state index contributed by atoms with van der Waals surface area (Å²) >= 11 is 0. The molecule has 2 aliphatic heterocycles. The van der Waals surface area contributed by atoms with Crippen LogP contribution in [0.3, 0.4) is 0 Å². The smallest absolute Gasteiger partial charge is 0.236 e. The van der Waals surface area contributed by atoms with Crippen molar-refractivity contribution in [1.29, 1.82) is 0 Å². The Bertz CT molecular complexity index is 740. The van der Waals surface area contributed by atoms with Gasteiger partial charge in [-0.2, -0.15) is 0 Å². The molecule has 0 bridgehead atoms. The van der Waals surface area contributed by atoms with Gasteiger partial charge in [-0.1, -0.05) is 18.2 Å². The van der Waals surface area contributed by atoms with E-state index < -0.39 is 0 Å². The molecule has 1 N–H and O–H groups in total. The summed E-state index contributed by atoms with van der Waals surface area (Å²) in [6.07, 6.45) is 3.21. The van der Waals surface area contributed by atoms with Crippen LogP contribution in [0, 0.1) is 5.82 Å². The van der Waals surface area contributed by atoms with Gasteiger partial charge in [0.05, 0.1) is 6.54 Å². The molecular formula is C22H32FN5O. The Kier molecular flexibility index (Phi) is 6.33. The van der Waals surface area contributed by atoms with Crippen molar-refractivity contribution in [2.24, 2.45) is 4.99 Å². The number of likely N-dealkylation sites (tertiary alicyclic amines) is 1. The fourth-order valence-corrected chi connectivity index (χ4v) is 4.40. The van der Waals surface area contributed by atoms with Crippen molar-refractivity contribution in [2.75, 3.05) is 52.4 Å². The van der Waals surface area contributed by atoms with E-state index in [4.69, 9.17) is 0 Å². The number of benzene rings is 1.